The maximum atomic E-state index is 13.0. The Balaban J connectivity index is 2.29. The van der Waals surface area contributed by atoms with Gasteiger partial charge < -0.3 is 9.64 Å². The first kappa shape index (κ1) is 15.3. The maximum absolute atomic E-state index is 13.0. The lowest BCUT2D eigenvalue weighted by atomic mass is 10.2. The van der Waals surface area contributed by atoms with E-state index in [0.717, 1.165) is 5.56 Å². The molecule has 0 saturated heterocycles. The highest BCUT2D eigenvalue weighted by molar-refractivity contribution is 6.29. The van der Waals surface area contributed by atoms with Crippen LogP contribution in [0.4, 0.5) is 10.1 Å². The molecular weight excluding hydrogens is 293 g/mol. The minimum Gasteiger partial charge on any atom is -0.497 e. The number of ether oxygens (including phenoxy) is 1. The number of hydrogen-bond donors (Lipinski definition) is 0. The zero-order chi connectivity index (χ0) is 15.2. The van der Waals surface area contributed by atoms with E-state index in [4.69, 9.17) is 16.3 Å². The zero-order valence-electron chi connectivity index (χ0n) is 11.6. The summed E-state index contributed by atoms with van der Waals surface area (Å²) in [5, 5.41) is 0. The quantitative estimate of drug-likeness (QED) is 0.790. The number of benzene rings is 2. The van der Waals surface area contributed by atoms with Gasteiger partial charge in [0, 0.05) is 11.8 Å². The van der Waals surface area contributed by atoms with Crippen molar-refractivity contribution in [3.8, 4) is 5.75 Å². The Hall–Kier alpha value is -2.07. The van der Waals surface area contributed by atoms with Gasteiger partial charge in [0.25, 0.3) is 0 Å². The van der Waals surface area contributed by atoms with E-state index in [0.29, 0.717) is 18.0 Å². The molecule has 3 nitrogen and oxygen atoms in total. The lowest BCUT2D eigenvalue weighted by Gasteiger charge is -2.22. The normalized spacial score (nSPS) is 10.2. The molecule has 0 N–H and O–H groups in total. The molecule has 0 aliphatic carbocycles. The van der Waals surface area contributed by atoms with E-state index < -0.39 is 0 Å². The molecule has 2 aromatic carbocycles. The topological polar surface area (TPSA) is 29.5 Å². The molecule has 2 rings (SSSR count). The van der Waals surface area contributed by atoms with Crippen LogP contribution in [0.1, 0.15) is 5.56 Å². The summed E-state index contributed by atoms with van der Waals surface area (Å²) < 4.78 is 18.1. The highest BCUT2D eigenvalue weighted by atomic mass is 35.5. The number of halogens is 2. The second-order valence-corrected chi connectivity index (χ2v) is 4.71. The average molecular weight is 308 g/mol. The van der Waals surface area contributed by atoms with Gasteiger partial charge in [-0.3, -0.25) is 4.79 Å². The average Bonchev–Trinajstić information content (AvgIpc) is 2.53. The third kappa shape index (κ3) is 3.95. The smallest absolute Gasteiger partial charge is 0.242 e. The van der Waals surface area contributed by atoms with Crippen LogP contribution in [0.25, 0.3) is 0 Å². The van der Waals surface area contributed by atoms with E-state index in [-0.39, 0.29) is 17.6 Å². The van der Waals surface area contributed by atoms with Crippen LogP contribution in [0.15, 0.2) is 48.5 Å². The summed E-state index contributed by atoms with van der Waals surface area (Å²) in [6.07, 6.45) is 0. The van der Waals surface area contributed by atoms with Gasteiger partial charge in [0.1, 0.15) is 17.4 Å². The molecule has 21 heavy (non-hydrogen) atoms. The van der Waals surface area contributed by atoms with Gasteiger partial charge in [0.15, 0.2) is 0 Å². The molecule has 0 atom stereocenters. The molecule has 5 heteroatoms. The Bertz CT molecular complexity index is 616. The third-order valence-electron chi connectivity index (χ3n) is 3.03. The molecule has 1 amide bonds. The van der Waals surface area contributed by atoms with E-state index in [1.165, 1.54) is 12.1 Å². The van der Waals surface area contributed by atoms with Crippen molar-refractivity contribution in [2.75, 3.05) is 17.9 Å². The first-order chi connectivity index (χ1) is 10.1. The van der Waals surface area contributed by atoms with Crippen LogP contribution in [0.2, 0.25) is 0 Å². The van der Waals surface area contributed by atoms with Crippen LogP contribution >= 0.6 is 11.6 Å². The fourth-order valence-electron chi connectivity index (χ4n) is 1.95. The summed E-state index contributed by atoms with van der Waals surface area (Å²) in [5.74, 6) is -0.0122. The van der Waals surface area contributed by atoms with E-state index in [9.17, 15) is 9.18 Å². The lowest BCUT2D eigenvalue weighted by Crippen LogP contribution is -2.31. The summed E-state index contributed by atoms with van der Waals surface area (Å²) in [7, 11) is 1.56. The second-order valence-electron chi connectivity index (χ2n) is 4.44. The van der Waals surface area contributed by atoms with Crippen molar-refractivity contribution in [2.45, 2.75) is 6.54 Å². The van der Waals surface area contributed by atoms with Gasteiger partial charge in [-0.1, -0.05) is 18.2 Å². The monoisotopic (exact) mass is 307 g/mol. The number of amides is 1. The van der Waals surface area contributed by atoms with Crippen LogP contribution < -0.4 is 9.64 Å². The van der Waals surface area contributed by atoms with Gasteiger partial charge in [-0.25, -0.2) is 4.39 Å². The molecule has 0 saturated carbocycles. The Morgan fingerprint density at radius 2 is 1.95 bits per heavy atom. The Morgan fingerprint density at radius 3 is 2.57 bits per heavy atom. The van der Waals surface area contributed by atoms with E-state index in [1.807, 2.05) is 0 Å². The number of methoxy groups -OCH3 is 1. The molecule has 0 unspecified atom stereocenters. The second kappa shape index (κ2) is 7.09. The van der Waals surface area contributed by atoms with Crippen molar-refractivity contribution < 1.29 is 13.9 Å². The van der Waals surface area contributed by atoms with Crippen LogP contribution in [0.3, 0.4) is 0 Å². The van der Waals surface area contributed by atoms with Gasteiger partial charge >= 0.3 is 0 Å². The summed E-state index contributed by atoms with van der Waals surface area (Å²) >= 11 is 5.68. The van der Waals surface area contributed by atoms with Crippen molar-refractivity contribution in [1.82, 2.24) is 0 Å². The molecule has 0 fully saturated rings. The van der Waals surface area contributed by atoms with Gasteiger partial charge in [-0.2, -0.15) is 0 Å². The van der Waals surface area contributed by atoms with Crippen LogP contribution in [0.5, 0.6) is 5.75 Å². The molecule has 0 aromatic heterocycles. The van der Waals surface area contributed by atoms with E-state index in [2.05, 4.69) is 0 Å². The highest BCUT2D eigenvalue weighted by Gasteiger charge is 2.16. The number of hydrogen-bond acceptors (Lipinski definition) is 2. The highest BCUT2D eigenvalue weighted by Crippen LogP contribution is 2.23. The van der Waals surface area contributed by atoms with Crippen LogP contribution in [0, 0.1) is 5.82 Å². The van der Waals surface area contributed by atoms with E-state index in [1.54, 1.807) is 48.4 Å². The number of anilines is 1. The lowest BCUT2D eigenvalue weighted by molar-refractivity contribution is -0.116. The number of carbonyl (C=O) groups excluding carboxylic acids is 1. The Morgan fingerprint density at radius 1 is 1.24 bits per heavy atom. The number of carbonyl (C=O) groups is 1. The van der Waals surface area contributed by atoms with Crippen molar-refractivity contribution >= 4 is 23.2 Å². The van der Waals surface area contributed by atoms with Gasteiger partial charge in [-0.15, -0.1) is 11.6 Å². The molecule has 0 aliphatic heterocycles. The van der Waals surface area contributed by atoms with Crippen molar-refractivity contribution in [1.29, 1.82) is 0 Å². The van der Waals surface area contributed by atoms with E-state index >= 15 is 0 Å². The van der Waals surface area contributed by atoms with Gasteiger partial charge in [0.2, 0.25) is 5.91 Å². The number of nitrogens with zero attached hydrogens (tertiary/aromatic N) is 1. The minimum atomic E-state index is -0.310. The van der Waals surface area contributed by atoms with Gasteiger partial charge in [-0.05, 0) is 29.8 Å². The maximum Gasteiger partial charge on any atom is 0.242 e. The van der Waals surface area contributed by atoms with Crippen LogP contribution in [-0.4, -0.2) is 18.9 Å². The number of rotatable bonds is 5. The van der Waals surface area contributed by atoms with Crippen molar-refractivity contribution in [3.05, 3.63) is 59.9 Å². The molecule has 0 heterocycles. The molecular formula is C16H15ClFNO2. The SMILES string of the molecule is COc1cccc(N(Cc2ccc(F)cc2)C(=O)CCl)c1. The molecule has 0 radical (unpaired) electrons. The summed E-state index contributed by atoms with van der Waals surface area (Å²) in [6, 6.07) is 13.2. The summed E-state index contributed by atoms with van der Waals surface area (Å²) in [6.45, 7) is 0.318. The van der Waals surface area contributed by atoms with Crippen molar-refractivity contribution in [2.24, 2.45) is 0 Å². The molecule has 0 bridgehead atoms. The zero-order valence-corrected chi connectivity index (χ0v) is 12.3. The molecule has 0 aliphatic rings. The Labute approximate surface area is 127 Å². The predicted octanol–water partition coefficient (Wildman–Crippen LogP) is 3.61. The van der Waals surface area contributed by atoms with Crippen LogP contribution in [-0.2, 0) is 11.3 Å². The largest absolute Gasteiger partial charge is 0.497 e. The van der Waals surface area contributed by atoms with Gasteiger partial charge in [0.05, 0.1) is 13.7 Å². The molecule has 110 valence electrons. The standard InChI is InChI=1S/C16H15ClFNO2/c1-21-15-4-2-3-14(9-15)19(16(20)10-17)11-12-5-7-13(18)8-6-12/h2-9H,10-11H2,1H3. The fourth-order valence-corrected chi connectivity index (χ4v) is 2.09. The Kier molecular flexibility index (Phi) is 5.17. The number of alkyl halides is 1. The molecule has 2 aromatic rings. The first-order valence-corrected chi connectivity index (χ1v) is 6.92. The third-order valence-corrected chi connectivity index (χ3v) is 3.26. The summed E-state index contributed by atoms with van der Waals surface area (Å²) in [4.78, 5) is 13.6. The van der Waals surface area contributed by atoms with Crippen molar-refractivity contribution in [3.63, 3.8) is 0 Å². The fraction of sp³-hybridized carbons (Fsp3) is 0.188. The minimum absolute atomic E-state index is 0.127. The molecule has 0 spiro atoms. The summed E-state index contributed by atoms with van der Waals surface area (Å²) in [5.41, 5.74) is 1.50. The predicted molar refractivity (Wildman–Crippen MR) is 81.3 cm³/mol. The first-order valence-electron chi connectivity index (χ1n) is 6.39.